The SMILES string of the molecule is CCOc1ccccc1N1CCN(CC(O)CN2C(=O)NC(C)(c3ccccc3)C2=O)CC1. The predicted octanol–water partition coefficient (Wildman–Crippen LogP) is 2.04. The maximum atomic E-state index is 13.1. The van der Waals surface area contributed by atoms with Crippen molar-refractivity contribution in [3.63, 3.8) is 0 Å². The number of urea groups is 1. The number of carbonyl (C=O) groups excluding carboxylic acids is 2. The number of nitrogens with zero attached hydrogens (tertiary/aromatic N) is 3. The molecule has 2 aromatic rings. The van der Waals surface area contributed by atoms with Crippen molar-refractivity contribution in [3.05, 3.63) is 60.2 Å². The molecule has 0 aliphatic carbocycles. The molecule has 2 fully saturated rings. The molecule has 2 aliphatic heterocycles. The minimum atomic E-state index is -1.11. The molecule has 2 heterocycles. The second-order valence-corrected chi connectivity index (χ2v) is 8.68. The van der Waals surface area contributed by atoms with Crippen LogP contribution in [-0.4, -0.2) is 78.8 Å². The Labute approximate surface area is 194 Å². The highest BCUT2D eigenvalue weighted by Crippen LogP contribution is 2.30. The van der Waals surface area contributed by atoms with E-state index in [1.807, 2.05) is 55.5 Å². The number of amides is 3. The lowest BCUT2D eigenvalue weighted by Crippen LogP contribution is -2.50. The zero-order valence-electron chi connectivity index (χ0n) is 19.2. The molecule has 2 atom stereocenters. The molecular weight excluding hydrogens is 420 g/mol. The number of aliphatic hydroxyl groups is 1. The van der Waals surface area contributed by atoms with E-state index in [2.05, 4.69) is 21.2 Å². The van der Waals surface area contributed by atoms with Gasteiger partial charge >= 0.3 is 6.03 Å². The number of nitrogens with one attached hydrogen (secondary N) is 1. The number of benzene rings is 2. The Balaban J connectivity index is 1.32. The Morgan fingerprint density at radius 3 is 2.36 bits per heavy atom. The van der Waals surface area contributed by atoms with Gasteiger partial charge in [-0.2, -0.15) is 0 Å². The normalized spacial score (nSPS) is 22.4. The molecule has 2 aliphatic rings. The Morgan fingerprint density at radius 1 is 1.00 bits per heavy atom. The smallest absolute Gasteiger partial charge is 0.325 e. The molecule has 8 nitrogen and oxygen atoms in total. The standard InChI is InChI=1S/C25H32N4O4/c1-3-33-22-12-8-7-11-21(22)28-15-13-27(14-16-28)17-20(30)18-29-23(31)25(2,26-24(29)32)19-9-5-4-6-10-19/h4-12,20,30H,3,13-18H2,1-2H3,(H,26,32). The maximum Gasteiger partial charge on any atom is 0.325 e. The van der Waals surface area contributed by atoms with Crippen LogP contribution in [0.25, 0.3) is 0 Å². The first-order chi connectivity index (χ1) is 15.9. The molecule has 2 unspecified atom stereocenters. The van der Waals surface area contributed by atoms with Gasteiger partial charge < -0.3 is 20.1 Å². The number of anilines is 1. The van der Waals surface area contributed by atoms with Gasteiger partial charge in [0.05, 0.1) is 24.9 Å². The summed E-state index contributed by atoms with van der Waals surface area (Å²) in [6.45, 7) is 7.85. The zero-order valence-corrected chi connectivity index (χ0v) is 19.2. The van der Waals surface area contributed by atoms with E-state index in [4.69, 9.17) is 4.74 Å². The summed E-state index contributed by atoms with van der Waals surface area (Å²) in [5.74, 6) is 0.545. The third kappa shape index (κ3) is 4.82. The monoisotopic (exact) mass is 452 g/mol. The van der Waals surface area contributed by atoms with Gasteiger partial charge in [0, 0.05) is 32.7 Å². The number of ether oxygens (including phenoxy) is 1. The number of piperazine rings is 1. The number of rotatable bonds is 8. The van der Waals surface area contributed by atoms with Crippen LogP contribution in [0.3, 0.4) is 0 Å². The molecular formula is C25H32N4O4. The summed E-state index contributed by atoms with van der Waals surface area (Å²) in [7, 11) is 0. The van der Waals surface area contributed by atoms with Crippen LogP contribution < -0.4 is 15.0 Å². The molecule has 2 saturated heterocycles. The third-order valence-corrected chi connectivity index (χ3v) is 6.37. The van der Waals surface area contributed by atoms with Crippen molar-refractivity contribution >= 4 is 17.6 Å². The van der Waals surface area contributed by atoms with Gasteiger partial charge in [0.2, 0.25) is 0 Å². The van der Waals surface area contributed by atoms with Gasteiger partial charge in [0.1, 0.15) is 11.3 Å². The van der Waals surface area contributed by atoms with Crippen LogP contribution in [-0.2, 0) is 10.3 Å². The quantitative estimate of drug-likeness (QED) is 0.597. The van der Waals surface area contributed by atoms with Gasteiger partial charge in [0.25, 0.3) is 5.91 Å². The fourth-order valence-electron chi connectivity index (χ4n) is 4.56. The number of β-amino-alcohol motifs (C(OH)–C–C–N with tert-alkyl or cyclic N) is 1. The molecule has 4 rings (SSSR count). The first-order valence-corrected chi connectivity index (χ1v) is 11.5. The Kier molecular flexibility index (Phi) is 6.85. The van der Waals surface area contributed by atoms with E-state index in [1.54, 1.807) is 6.92 Å². The second kappa shape index (κ2) is 9.80. The van der Waals surface area contributed by atoms with Crippen LogP contribution in [0.1, 0.15) is 19.4 Å². The highest BCUT2D eigenvalue weighted by molar-refractivity contribution is 6.07. The van der Waals surface area contributed by atoms with Crippen molar-refractivity contribution in [1.29, 1.82) is 0 Å². The maximum absolute atomic E-state index is 13.1. The van der Waals surface area contributed by atoms with E-state index < -0.39 is 17.7 Å². The second-order valence-electron chi connectivity index (χ2n) is 8.68. The summed E-state index contributed by atoms with van der Waals surface area (Å²) in [5.41, 5.74) is 0.695. The topological polar surface area (TPSA) is 85.3 Å². The van der Waals surface area contributed by atoms with E-state index in [9.17, 15) is 14.7 Å². The number of carbonyl (C=O) groups is 2. The highest BCUT2D eigenvalue weighted by atomic mass is 16.5. The first-order valence-electron chi connectivity index (χ1n) is 11.5. The minimum Gasteiger partial charge on any atom is -0.492 e. The average Bonchev–Trinajstić information content (AvgIpc) is 3.05. The summed E-state index contributed by atoms with van der Waals surface area (Å²) in [4.78, 5) is 31.2. The largest absolute Gasteiger partial charge is 0.492 e. The van der Waals surface area contributed by atoms with Gasteiger partial charge in [-0.3, -0.25) is 14.6 Å². The molecule has 0 radical (unpaired) electrons. The van der Waals surface area contributed by atoms with Crippen molar-refractivity contribution in [3.8, 4) is 5.75 Å². The summed E-state index contributed by atoms with van der Waals surface area (Å²) in [5, 5.41) is 13.5. The van der Waals surface area contributed by atoms with Gasteiger partial charge in [-0.05, 0) is 31.5 Å². The van der Waals surface area contributed by atoms with Gasteiger partial charge in [-0.15, -0.1) is 0 Å². The van der Waals surface area contributed by atoms with Crippen LogP contribution in [0.4, 0.5) is 10.5 Å². The number of imide groups is 1. The van der Waals surface area contributed by atoms with Crippen LogP contribution in [0.2, 0.25) is 0 Å². The Hall–Kier alpha value is -3.10. The van der Waals surface area contributed by atoms with Crippen molar-refractivity contribution in [2.75, 3.05) is 50.8 Å². The van der Waals surface area contributed by atoms with Gasteiger partial charge in [-0.1, -0.05) is 42.5 Å². The van der Waals surface area contributed by atoms with Crippen molar-refractivity contribution in [2.45, 2.75) is 25.5 Å². The average molecular weight is 453 g/mol. The van der Waals surface area contributed by atoms with Crippen LogP contribution in [0.5, 0.6) is 5.75 Å². The number of aliphatic hydroxyl groups excluding tert-OH is 1. The molecule has 0 bridgehead atoms. The molecule has 3 amide bonds. The number of hydrogen-bond acceptors (Lipinski definition) is 6. The summed E-state index contributed by atoms with van der Waals surface area (Å²) < 4.78 is 5.75. The highest BCUT2D eigenvalue weighted by Gasteiger charge is 2.49. The van der Waals surface area contributed by atoms with Crippen LogP contribution >= 0.6 is 0 Å². The van der Waals surface area contributed by atoms with E-state index in [1.165, 1.54) is 0 Å². The molecule has 2 N–H and O–H groups in total. The van der Waals surface area contributed by atoms with E-state index in [0.717, 1.165) is 48.1 Å². The number of para-hydroxylation sites is 2. The summed E-state index contributed by atoms with van der Waals surface area (Å²) in [6.07, 6.45) is -0.819. The lowest BCUT2D eigenvalue weighted by molar-refractivity contribution is -0.132. The fraction of sp³-hybridized carbons (Fsp3) is 0.440. The van der Waals surface area contributed by atoms with Crippen molar-refractivity contribution in [1.82, 2.24) is 15.1 Å². The molecule has 176 valence electrons. The van der Waals surface area contributed by atoms with Crippen LogP contribution in [0, 0.1) is 0 Å². The van der Waals surface area contributed by atoms with Crippen LogP contribution in [0.15, 0.2) is 54.6 Å². The lowest BCUT2D eigenvalue weighted by atomic mass is 9.92. The lowest BCUT2D eigenvalue weighted by Gasteiger charge is -2.37. The zero-order chi connectivity index (χ0) is 23.4. The minimum absolute atomic E-state index is 0.0273. The first kappa shape index (κ1) is 23.1. The summed E-state index contributed by atoms with van der Waals surface area (Å²) >= 11 is 0. The van der Waals surface area contributed by atoms with E-state index >= 15 is 0 Å². The Morgan fingerprint density at radius 2 is 1.67 bits per heavy atom. The van der Waals surface area contributed by atoms with Gasteiger partial charge in [-0.25, -0.2) is 4.79 Å². The number of hydrogen-bond donors (Lipinski definition) is 2. The molecule has 0 saturated carbocycles. The summed E-state index contributed by atoms with van der Waals surface area (Å²) in [6, 6.07) is 16.7. The molecule has 33 heavy (non-hydrogen) atoms. The van der Waals surface area contributed by atoms with Crippen molar-refractivity contribution in [2.24, 2.45) is 0 Å². The predicted molar refractivity (Wildman–Crippen MR) is 126 cm³/mol. The third-order valence-electron chi connectivity index (χ3n) is 6.37. The molecule has 0 aromatic heterocycles. The molecule has 0 spiro atoms. The fourth-order valence-corrected chi connectivity index (χ4v) is 4.56. The molecule has 8 heteroatoms. The van der Waals surface area contributed by atoms with E-state index in [-0.39, 0.29) is 12.5 Å². The van der Waals surface area contributed by atoms with Crippen molar-refractivity contribution < 1.29 is 19.4 Å². The van der Waals surface area contributed by atoms with Gasteiger partial charge in [0.15, 0.2) is 0 Å². The van der Waals surface area contributed by atoms with E-state index in [0.29, 0.717) is 13.2 Å². The Bertz CT molecular complexity index is 977. The molecule has 2 aromatic carbocycles.